The molecule has 1 amide bonds. The van der Waals surface area contributed by atoms with E-state index in [9.17, 15) is 14.4 Å². The molecule has 0 fully saturated rings. The number of carbonyl (C=O) groups excluding carboxylic acids is 2. The number of nitrogens with one attached hydrogen (secondary N) is 2. The van der Waals surface area contributed by atoms with Crippen molar-refractivity contribution in [3.63, 3.8) is 0 Å². The largest absolute Gasteiger partial charge is 0.493 e. The van der Waals surface area contributed by atoms with Gasteiger partial charge in [0.05, 0.1) is 39.0 Å². The molecular weight excluding hydrogens is 438 g/mol. The summed E-state index contributed by atoms with van der Waals surface area (Å²) in [5.41, 5.74) is 0.599. The predicted molar refractivity (Wildman–Crippen MR) is 119 cm³/mol. The Balaban J connectivity index is 1.83. The van der Waals surface area contributed by atoms with Gasteiger partial charge in [-0.1, -0.05) is 11.6 Å². The number of methoxy groups -OCH3 is 3. The molecule has 0 unspecified atom stereocenters. The van der Waals surface area contributed by atoms with Crippen molar-refractivity contribution in [2.45, 2.75) is 6.42 Å². The third-order valence-corrected chi connectivity index (χ3v) is 4.80. The van der Waals surface area contributed by atoms with E-state index in [0.29, 0.717) is 27.9 Å². The molecule has 0 bridgehead atoms. The van der Waals surface area contributed by atoms with Crippen LogP contribution < -0.4 is 20.3 Å². The van der Waals surface area contributed by atoms with E-state index < -0.39 is 17.4 Å². The van der Waals surface area contributed by atoms with E-state index in [4.69, 9.17) is 25.8 Å². The van der Waals surface area contributed by atoms with Crippen molar-refractivity contribution in [1.29, 1.82) is 0 Å². The molecule has 1 heterocycles. The van der Waals surface area contributed by atoms with Crippen LogP contribution >= 0.6 is 11.6 Å². The first-order valence-electron chi connectivity index (χ1n) is 9.34. The molecular formula is C22H20ClN3O6. The van der Waals surface area contributed by atoms with Crippen LogP contribution in [-0.2, 0) is 16.0 Å². The number of aromatic amines is 1. The minimum absolute atomic E-state index is 0.0728. The average molecular weight is 458 g/mol. The summed E-state index contributed by atoms with van der Waals surface area (Å²) in [4.78, 5) is 44.1. The highest BCUT2D eigenvalue weighted by molar-refractivity contribution is 6.30. The Hall–Kier alpha value is -3.85. The van der Waals surface area contributed by atoms with Crippen molar-refractivity contribution in [3.05, 3.63) is 69.1 Å². The highest BCUT2D eigenvalue weighted by Gasteiger charge is 2.20. The number of esters is 1. The molecule has 1 aromatic heterocycles. The molecule has 2 N–H and O–H groups in total. The van der Waals surface area contributed by atoms with E-state index >= 15 is 0 Å². The molecule has 0 saturated heterocycles. The molecule has 32 heavy (non-hydrogen) atoms. The number of aromatic nitrogens is 2. The third kappa shape index (κ3) is 5.06. The smallest absolute Gasteiger partial charge is 0.340 e. The Bertz CT molecular complexity index is 1210. The van der Waals surface area contributed by atoms with Crippen LogP contribution in [0.1, 0.15) is 15.9 Å². The number of H-pyrrole nitrogens is 1. The lowest BCUT2D eigenvalue weighted by Crippen LogP contribution is -2.23. The molecule has 166 valence electrons. The summed E-state index contributed by atoms with van der Waals surface area (Å²) in [5.74, 6) is -0.252. The SMILES string of the molecule is COC(=O)c1cc(OC)c(OC)cc1NC(=O)Cc1cnc(-c2ccc(Cl)cc2)[nH]c1=O. The normalized spacial score (nSPS) is 10.4. The lowest BCUT2D eigenvalue weighted by atomic mass is 10.1. The molecule has 2 aromatic carbocycles. The van der Waals surface area contributed by atoms with E-state index in [-0.39, 0.29) is 23.2 Å². The van der Waals surface area contributed by atoms with Crippen molar-refractivity contribution in [1.82, 2.24) is 9.97 Å². The number of halogens is 1. The Morgan fingerprint density at radius 1 is 1.06 bits per heavy atom. The second-order valence-electron chi connectivity index (χ2n) is 6.56. The van der Waals surface area contributed by atoms with Crippen molar-refractivity contribution in [2.24, 2.45) is 0 Å². The van der Waals surface area contributed by atoms with Crippen LogP contribution in [0.2, 0.25) is 5.02 Å². The summed E-state index contributed by atoms with van der Waals surface area (Å²) in [7, 11) is 4.07. The van der Waals surface area contributed by atoms with Crippen LogP contribution in [0.3, 0.4) is 0 Å². The van der Waals surface area contributed by atoms with Gasteiger partial charge in [0.2, 0.25) is 5.91 Å². The van der Waals surface area contributed by atoms with E-state index in [1.807, 2.05) is 0 Å². The van der Waals surface area contributed by atoms with Gasteiger partial charge in [-0.05, 0) is 24.3 Å². The number of carbonyl (C=O) groups is 2. The maximum Gasteiger partial charge on any atom is 0.340 e. The molecule has 9 nitrogen and oxygen atoms in total. The Morgan fingerprint density at radius 3 is 2.31 bits per heavy atom. The molecule has 0 radical (unpaired) electrons. The molecule has 0 saturated carbocycles. The molecule has 0 aliphatic heterocycles. The van der Waals surface area contributed by atoms with Gasteiger partial charge < -0.3 is 24.5 Å². The van der Waals surface area contributed by atoms with Crippen molar-refractivity contribution >= 4 is 29.2 Å². The fraction of sp³-hybridized carbons (Fsp3) is 0.182. The zero-order valence-electron chi connectivity index (χ0n) is 17.5. The van der Waals surface area contributed by atoms with Gasteiger partial charge in [-0.25, -0.2) is 9.78 Å². The van der Waals surface area contributed by atoms with Gasteiger partial charge in [0.25, 0.3) is 5.56 Å². The van der Waals surface area contributed by atoms with Gasteiger partial charge in [0.1, 0.15) is 5.82 Å². The molecule has 10 heteroatoms. The first-order valence-corrected chi connectivity index (χ1v) is 9.72. The summed E-state index contributed by atoms with van der Waals surface area (Å²) in [5, 5.41) is 3.17. The Labute approximate surface area is 188 Å². The van der Waals surface area contributed by atoms with Crippen LogP contribution in [0, 0.1) is 0 Å². The Kier molecular flexibility index (Phi) is 7.11. The van der Waals surface area contributed by atoms with Crippen LogP contribution in [0.15, 0.2) is 47.4 Å². The summed E-state index contributed by atoms with van der Waals surface area (Å²) >= 11 is 5.87. The van der Waals surface area contributed by atoms with Crippen LogP contribution in [0.5, 0.6) is 11.5 Å². The van der Waals surface area contributed by atoms with Gasteiger partial charge in [-0.15, -0.1) is 0 Å². The number of anilines is 1. The summed E-state index contributed by atoms with van der Waals surface area (Å²) in [6.07, 6.45) is 1.07. The highest BCUT2D eigenvalue weighted by Crippen LogP contribution is 2.33. The van der Waals surface area contributed by atoms with Gasteiger partial charge in [-0.2, -0.15) is 0 Å². The minimum Gasteiger partial charge on any atom is -0.493 e. The fourth-order valence-corrected chi connectivity index (χ4v) is 3.06. The third-order valence-electron chi connectivity index (χ3n) is 4.54. The quantitative estimate of drug-likeness (QED) is 0.523. The molecule has 3 aromatic rings. The van der Waals surface area contributed by atoms with Gasteiger partial charge in [-0.3, -0.25) is 9.59 Å². The Morgan fingerprint density at radius 2 is 1.72 bits per heavy atom. The lowest BCUT2D eigenvalue weighted by molar-refractivity contribution is -0.115. The number of benzene rings is 2. The van der Waals surface area contributed by atoms with Crippen LogP contribution in [0.4, 0.5) is 5.69 Å². The molecule has 0 aliphatic rings. The first-order chi connectivity index (χ1) is 15.4. The maximum atomic E-state index is 12.6. The highest BCUT2D eigenvalue weighted by atomic mass is 35.5. The number of hydrogen-bond acceptors (Lipinski definition) is 7. The van der Waals surface area contributed by atoms with E-state index in [1.165, 1.54) is 39.7 Å². The molecule has 0 spiro atoms. The number of nitrogens with zero attached hydrogens (tertiary/aromatic N) is 1. The number of hydrogen-bond donors (Lipinski definition) is 2. The van der Waals surface area contributed by atoms with Gasteiger partial charge in [0.15, 0.2) is 11.5 Å². The standard InChI is InChI=1S/C22H20ClN3O6/c1-30-17-9-15(22(29)32-3)16(10-18(17)31-2)25-19(27)8-13-11-24-20(26-21(13)28)12-4-6-14(23)7-5-12/h4-7,9-11H,8H2,1-3H3,(H,25,27)(H,24,26,28). The predicted octanol–water partition coefficient (Wildman–Crippen LogP) is 3.08. The summed E-state index contributed by atoms with van der Waals surface area (Å²) in [6.45, 7) is 0. The fourth-order valence-electron chi connectivity index (χ4n) is 2.93. The number of amides is 1. The second-order valence-corrected chi connectivity index (χ2v) is 7.00. The first kappa shape index (κ1) is 22.8. The summed E-state index contributed by atoms with van der Waals surface area (Å²) in [6, 6.07) is 9.64. The zero-order chi connectivity index (χ0) is 23.3. The molecule has 3 rings (SSSR count). The molecule has 0 aliphatic carbocycles. The van der Waals surface area contributed by atoms with Crippen LogP contribution in [-0.4, -0.2) is 43.2 Å². The second kappa shape index (κ2) is 9.97. The van der Waals surface area contributed by atoms with Crippen molar-refractivity contribution in [2.75, 3.05) is 26.6 Å². The van der Waals surface area contributed by atoms with E-state index in [1.54, 1.807) is 24.3 Å². The monoisotopic (exact) mass is 457 g/mol. The average Bonchev–Trinajstić information content (AvgIpc) is 2.80. The maximum absolute atomic E-state index is 12.6. The van der Waals surface area contributed by atoms with E-state index in [2.05, 4.69) is 15.3 Å². The van der Waals surface area contributed by atoms with Gasteiger partial charge >= 0.3 is 5.97 Å². The minimum atomic E-state index is -0.673. The van der Waals surface area contributed by atoms with Crippen LogP contribution in [0.25, 0.3) is 11.4 Å². The van der Waals surface area contributed by atoms with Crippen molar-refractivity contribution in [3.8, 4) is 22.9 Å². The number of ether oxygens (including phenoxy) is 3. The summed E-state index contributed by atoms with van der Waals surface area (Å²) < 4.78 is 15.2. The lowest BCUT2D eigenvalue weighted by Gasteiger charge is -2.14. The molecule has 0 atom stereocenters. The van der Waals surface area contributed by atoms with E-state index in [0.717, 1.165) is 0 Å². The zero-order valence-corrected chi connectivity index (χ0v) is 18.3. The topological polar surface area (TPSA) is 120 Å². The number of rotatable bonds is 7. The van der Waals surface area contributed by atoms with Crippen molar-refractivity contribution < 1.29 is 23.8 Å². The van der Waals surface area contributed by atoms with Gasteiger partial charge in [0, 0.05) is 34.5 Å².